The van der Waals surface area contributed by atoms with Gasteiger partial charge in [-0.2, -0.15) is 0 Å². The summed E-state index contributed by atoms with van der Waals surface area (Å²) < 4.78 is 25.4. The van der Waals surface area contributed by atoms with Crippen LogP contribution in [-0.4, -0.2) is 35.8 Å². The van der Waals surface area contributed by atoms with Crippen molar-refractivity contribution in [1.29, 1.82) is 0 Å². The summed E-state index contributed by atoms with van der Waals surface area (Å²) in [6, 6.07) is 4.30. The summed E-state index contributed by atoms with van der Waals surface area (Å²) in [6.07, 6.45) is 6.14. The smallest absolute Gasteiger partial charge is 0.452 e. The lowest BCUT2D eigenvalue weighted by Gasteiger charge is -2.64. The molecule has 0 aromatic heterocycles. The molecule has 0 amide bonds. The fourth-order valence-electron chi connectivity index (χ4n) is 7.63. The fourth-order valence-corrected chi connectivity index (χ4v) is 8.94. The lowest BCUT2D eigenvalue weighted by atomic mass is 9.43. The Hall–Kier alpha value is -1.18. The van der Waals surface area contributed by atoms with Gasteiger partial charge in [0.2, 0.25) is 5.79 Å². The van der Waals surface area contributed by atoms with Gasteiger partial charge >= 0.3 is 13.1 Å². The molecule has 8 rings (SSSR count). The van der Waals surface area contributed by atoms with Crippen molar-refractivity contribution in [1.82, 2.24) is 0 Å². The van der Waals surface area contributed by atoms with Crippen LogP contribution >= 0.6 is 11.8 Å². The quantitative estimate of drug-likeness (QED) is 0.265. The minimum absolute atomic E-state index is 0.173. The Kier molecular flexibility index (Phi) is 4.74. The molecule has 0 spiro atoms. The van der Waals surface area contributed by atoms with Crippen LogP contribution in [0.15, 0.2) is 17.0 Å². The summed E-state index contributed by atoms with van der Waals surface area (Å²) in [5.41, 5.74) is 1.88. The van der Waals surface area contributed by atoms with Gasteiger partial charge in [0, 0.05) is 29.8 Å². The molecule has 1 aromatic carbocycles. The Morgan fingerprint density at radius 3 is 2.54 bits per heavy atom. The molecule has 2 aliphatic heterocycles. The number of carbonyl (C=O) groups is 1. The number of hydrogen-bond donors (Lipinski definition) is 0. The van der Waals surface area contributed by atoms with Crippen LogP contribution < -0.4 is 4.74 Å². The van der Waals surface area contributed by atoms with Gasteiger partial charge in [-0.3, -0.25) is 0 Å². The molecule has 0 unspecified atom stereocenters. The molecule has 5 nitrogen and oxygen atoms in total. The van der Waals surface area contributed by atoms with E-state index < -0.39 is 5.79 Å². The lowest BCUT2D eigenvalue weighted by molar-refractivity contribution is -0.199. The molecule has 0 radical (unpaired) electrons. The maximum Gasteiger partial charge on any atom is 0.461 e. The van der Waals surface area contributed by atoms with Crippen molar-refractivity contribution in [2.45, 2.75) is 113 Å². The summed E-state index contributed by atoms with van der Waals surface area (Å²) >= 11 is 1.79. The van der Waals surface area contributed by atoms with E-state index in [4.69, 9.17) is 18.8 Å². The van der Waals surface area contributed by atoms with Gasteiger partial charge in [-0.05, 0) is 79.7 Å². The number of rotatable bonds is 5. The Morgan fingerprint density at radius 1 is 1.06 bits per heavy atom. The van der Waals surface area contributed by atoms with Crippen molar-refractivity contribution >= 4 is 24.8 Å². The van der Waals surface area contributed by atoms with Gasteiger partial charge in [0.05, 0.1) is 11.7 Å². The molecule has 35 heavy (non-hydrogen) atoms. The molecule has 2 bridgehead atoms. The number of carbonyl (C=O) groups excluding carboxylic acids is 1. The van der Waals surface area contributed by atoms with Crippen molar-refractivity contribution in [3.8, 4) is 5.75 Å². The van der Waals surface area contributed by atoms with Crippen molar-refractivity contribution in [3.05, 3.63) is 23.3 Å². The molecule has 6 fully saturated rings. The summed E-state index contributed by atoms with van der Waals surface area (Å²) in [4.78, 5) is 14.2. The first-order valence-corrected chi connectivity index (χ1v) is 14.4. The average Bonchev–Trinajstić information content (AvgIpc) is 3.68. The first-order valence-electron chi connectivity index (χ1n) is 13.6. The van der Waals surface area contributed by atoms with E-state index in [0.29, 0.717) is 28.0 Å². The molecule has 5 saturated carbocycles. The number of fused-ring (bicyclic) bond motifs is 1. The number of ether oxygens (including phenoxy) is 2. The summed E-state index contributed by atoms with van der Waals surface area (Å²) in [5.74, 6) is 2.13. The predicted octanol–water partition coefficient (Wildman–Crippen LogP) is 6.45. The van der Waals surface area contributed by atoms with Gasteiger partial charge in [-0.1, -0.05) is 26.8 Å². The molecule has 7 atom stereocenters. The molecule has 1 aromatic rings. The third-order valence-corrected chi connectivity index (χ3v) is 11.5. The first-order chi connectivity index (χ1) is 16.5. The van der Waals surface area contributed by atoms with Gasteiger partial charge in [0.25, 0.3) is 0 Å². The van der Waals surface area contributed by atoms with Crippen LogP contribution in [0.2, 0.25) is 5.82 Å². The second-order valence-electron chi connectivity index (χ2n) is 13.3. The maximum atomic E-state index is 13.2. The summed E-state index contributed by atoms with van der Waals surface area (Å²) in [6.45, 7) is 13.0. The zero-order valence-corrected chi connectivity index (χ0v) is 22.6. The van der Waals surface area contributed by atoms with E-state index in [9.17, 15) is 4.79 Å². The fraction of sp³-hybridized carbons (Fsp3) is 0.750. The van der Waals surface area contributed by atoms with E-state index in [2.05, 4.69) is 39.8 Å². The molecule has 1 saturated heterocycles. The van der Waals surface area contributed by atoms with E-state index in [1.807, 2.05) is 13.8 Å². The third kappa shape index (κ3) is 3.40. The van der Waals surface area contributed by atoms with Crippen LogP contribution in [0, 0.1) is 23.2 Å². The predicted molar refractivity (Wildman–Crippen MR) is 136 cm³/mol. The number of esters is 1. The Bertz CT molecular complexity index is 1100. The zero-order chi connectivity index (χ0) is 24.5. The van der Waals surface area contributed by atoms with Crippen molar-refractivity contribution in [2.24, 2.45) is 23.2 Å². The van der Waals surface area contributed by atoms with Crippen molar-refractivity contribution in [2.75, 3.05) is 0 Å². The summed E-state index contributed by atoms with van der Waals surface area (Å²) in [5, 5.41) is 0.487. The molecule has 7 aliphatic rings. The average molecular weight is 496 g/mol. The van der Waals surface area contributed by atoms with Crippen LogP contribution in [0.1, 0.15) is 95.5 Å². The van der Waals surface area contributed by atoms with Gasteiger partial charge in [0.15, 0.2) is 0 Å². The van der Waals surface area contributed by atoms with Crippen LogP contribution in [0.25, 0.3) is 0 Å². The highest BCUT2D eigenvalue weighted by atomic mass is 32.2. The maximum absolute atomic E-state index is 13.2. The minimum Gasteiger partial charge on any atom is -0.452 e. The van der Waals surface area contributed by atoms with Gasteiger partial charge in [0.1, 0.15) is 11.3 Å². The van der Waals surface area contributed by atoms with Gasteiger partial charge in [-0.25, -0.2) is 4.79 Å². The minimum atomic E-state index is -0.968. The van der Waals surface area contributed by atoms with E-state index in [-0.39, 0.29) is 30.7 Å². The molecule has 188 valence electrons. The zero-order valence-electron chi connectivity index (χ0n) is 21.8. The highest BCUT2D eigenvalue weighted by molar-refractivity contribution is 8.00. The molecule has 7 heteroatoms. The van der Waals surface area contributed by atoms with Crippen LogP contribution in [0.5, 0.6) is 5.75 Å². The van der Waals surface area contributed by atoms with E-state index >= 15 is 0 Å². The topological polar surface area (TPSA) is 54.0 Å². The van der Waals surface area contributed by atoms with E-state index in [0.717, 1.165) is 40.9 Å². The third-order valence-electron chi connectivity index (χ3n) is 10.2. The monoisotopic (exact) mass is 496 g/mol. The summed E-state index contributed by atoms with van der Waals surface area (Å²) in [7, 11) is -0.173. The van der Waals surface area contributed by atoms with Crippen LogP contribution in [0.4, 0.5) is 0 Å². The van der Waals surface area contributed by atoms with Gasteiger partial charge < -0.3 is 18.8 Å². The van der Waals surface area contributed by atoms with Crippen LogP contribution in [-0.2, 0) is 14.0 Å². The van der Waals surface area contributed by atoms with E-state index in [1.165, 1.54) is 19.3 Å². The molecule has 2 heterocycles. The first kappa shape index (κ1) is 23.0. The number of cyclic esters (lactones) is 1. The Labute approximate surface area is 213 Å². The van der Waals surface area contributed by atoms with E-state index in [1.54, 1.807) is 11.8 Å². The van der Waals surface area contributed by atoms with Gasteiger partial charge in [-0.15, -0.1) is 11.8 Å². The standard InChI is InChI=1S/C28H37BO5S/c1-14(15-7-8-15)35-20-10-9-17(24-23(20)25(30)32-27(4,5)31-24)18-13-19(18)29-33-22-12-16-11-21(26(16,2)3)28(22,6)34-29/h9-10,14-16,18-19,21-22H,7-8,11-13H2,1-6H3/t14-,16+,18+,19+,21+,22-,28-/m0/s1. The van der Waals surface area contributed by atoms with Crippen molar-refractivity contribution in [3.63, 3.8) is 0 Å². The largest absolute Gasteiger partial charge is 0.461 e. The number of benzene rings is 1. The molecular weight excluding hydrogens is 459 g/mol. The van der Waals surface area contributed by atoms with Crippen LogP contribution in [0.3, 0.4) is 0 Å². The highest BCUT2D eigenvalue weighted by Crippen LogP contribution is 2.68. The Morgan fingerprint density at radius 2 is 1.83 bits per heavy atom. The lowest BCUT2D eigenvalue weighted by Crippen LogP contribution is -2.65. The SMILES string of the molecule is C[C@H](Sc1ccc([C@H]2C[C@H]2B2O[C@H]3C[C@H]4C[C@H](C4(C)C)[C@]3(C)O2)c2c1C(=O)OC(C)(C)O2)C1CC1. The second kappa shape index (κ2) is 7.23. The normalized spacial score (nSPS) is 40.7. The molecule has 0 N–H and O–H groups in total. The second-order valence-corrected chi connectivity index (χ2v) is 14.7. The Balaban J connectivity index is 1.16. The molecular formula is C28H37BO5S. The number of hydrogen-bond acceptors (Lipinski definition) is 6. The number of thioether (sulfide) groups is 1. The van der Waals surface area contributed by atoms with Crippen molar-refractivity contribution < 1.29 is 23.6 Å². The highest BCUT2D eigenvalue weighted by Gasteiger charge is 2.70. The molecule has 5 aliphatic carbocycles.